The molecular formula is C30H31F4NO8. The third-order valence-electron chi connectivity index (χ3n) is 5.83. The van der Waals surface area contributed by atoms with Crippen LogP contribution in [-0.2, 0) is 27.3 Å². The largest absolute Gasteiger partial charge is 0.573 e. The Morgan fingerprint density at radius 3 is 2.02 bits per heavy atom. The van der Waals surface area contributed by atoms with Gasteiger partial charge in [-0.2, -0.15) is 0 Å². The van der Waals surface area contributed by atoms with Crippen molar-refractivity contribution in [1.82, 2.24) is 4.90 Å². The standard InChI is InChI=1S/C30H31F4NO8/c1-2-40-27(28(36)37)19-21-5-9-24(10-6-21)41-18-16-35(15-17-39-20-22-3-7-23(31)8-4-22)29(38)42-25-11-13-26(14-12-25)43-30(32,33)34/h3-14,27H,2,15-20H2,1H3,(H,36,37). The second-order valence-corrected chi connectivity index (χ2v) is 9.03. The summed E-state index contributed by atoms with van der Waals surface area (Å²) in [5.41, 5.74) is 1.47. The van der Waals surface area contributed by atoms with E-state index in [-0.39, 0.29) is 57.5 Å². The summed E-state index contributed by atoms with van der Waals surface area (Å²) < 4.78 is 76.1. The van der Waals surface area contributed by atoms with Gasteiger partial charge < -0.3 is 33.7 Å². The predicted octanol–water partition coefficient (Wildman–Crippen LogP) is 5.85. The van der Waals surface area contributed by atoms with Crippen LogP contribution in [0.1, 0.15) is 18.1 Å². The third kappa shape index (κ3) is 12.2. The highest BCUT2D eigenvalue weighted by atomic mass is 19.4. The molecule has 9 nitrogen and oxygen atoms in total. The number of carboxylic acid groups (broad SMARTS) is 1. The normalized spacial score (nSPS) is 11.9. The summed E-state index contributed by atoms with van der Waals surface area (Å²) in [4.78, 5) is 25.5. The van der Waals surface area contributed by atoms with Crippen molar-refractivity contribution in [2.75, 3.05) is 32.9 Å². The van der Waals surface area contributed by atoms with Crippen molar-refractivity contribution in [2.45, 2.75) is 32.4 Å². The highest BCUT2D eigenvalue weighted by molar-refractivity contribution is 5.72. The van der Waals surface area contributed by atoms with E-state index in [1.807, 2.05) is 0 Å². The van der Waals surface area contributed by atoms with Gasteiger partial charge in [0.1, 0.15) is 29.7 Å². The first kappa shape index (κ1) is 33.1. The molecule has 0 heterocycles. The first-order valence-electron chi connectivity index (χ1n) is 13.2. The lowest BCUT2D eigenvalue weighted by Crippen LogP contribution is -2.39. The molecule has 0 aromatic heterocycles. The Bertz CT molecular complexity index is 1290. The van der Waals surface area contributed by atoms with E-state index in [4.69, 9.17) is 18.9 Å². The SMILES string of the molecule is CCOC(Cc1ccc(OCCN(CCOCc2ccc(F)cc2)C(=O)Oc2ccc(OC(F)(F)F)cc2)cc1)C(=O)O. The van der Waals surface area contributed by atoms with Crippen LogP contribution in [-0.4, -0.2) is 67.4 Å². The van der Waals surface area contributed by atoms with E-state index >= 15 is 0 Å². The lowest BCUT2D eigenvalue weighted by Gasteiger charge is -2.22. The number of benzene rings is 3. The minimum absolute atomic E-state index is 0.0000186. The van der Waals surface area contributed by atoms with E-state index < -0.39 is 30.3 Å². The Labute approximate surface area is 245 Å². The van der Waals surface area contributed by atoms with Crippen molar-refractivity contribution < 1.29 is 55.9 Å². The molecule has 0 saturated carbocycles. The maximum atomic E-state index is 13.1. The Morgan fingerprint density at radius 2 is 1.42 bits per heavy atom. The second kappa shape index (κ2) is 16.3. The maximum absolute atomic E-state index is 13.1. The molecule has 232 valence electrons. The molecule has 43 heavy (non-hydrogen) atoms. The fraction of sp³-hybridized carbons (Fsp3) is 0.333. The summed E-state index contributed by atoms with van der Waals surface area (Å²) in [7, 11) is 0. The van der Waals surface area contributed by atoms with Gasteiger partial charge in [0, 0.05) is 19.6 Å². The lowest BCUT2D eigenvalue weighted by atomic mass is 10.1. The number of carbonyl (C=O) groups is 2. The molecule has 3 aromatic rings. The number of hydrogen-bond acceptors (Lipinski definition) is 7. The highest BCUT2D eigenvalue weighted by Crippen LogP contribution is 2.25. The molecule has 1 N–H and O–H groups in total. The number of alkyl halides is 3. The molecule has 1 amide bonds. The molecule has 0 saturated heterocycles. The Kier molecular flexibility index (Phi) is 12.6. The maximum Gasteiger partial charge on any atom is 0.573 e. The summed E-state index contributed by atoms with van der Waals surface area (Å²) in [6.07, 6.45) is -6.42. The third-order valence-corrected chi connectivity index (χ3v) is 5.83. The Morgan fingerprint density at radius 1 is 0.837 bits per heavy atom. The first-order chi connectivity index (χ1) is 20.5. The topological polar surface area (TPSA) is 104 Å². The molecule has 1 atom stereocenters. The van der Waals surface area contributed by atoms with Gasteiger partial charge in [-0.25, -0.2) is 14.0 Å². The number of hydrogen-bond donors (Lipinski definition) is 1. The van der Waals surface area contributed by atoms with Crippen LogP contribution in [0.4, 0.5) is 22.4 Å². The van der Waals surface area contributed by atoms with Crippen LogP contribution >= 0.6 is 0 Å². The fourth-order valence-corrected chi connectivity index (χ4v) is 3.74. The van der Waals surface area contributed by atoms with E-state index in [0.29, 0.717) is 5.75 Å². The zero-order chi connectivity index (χ0) is 31.2. The van der Waals surface area contributed by atoms with Crippen molar-refractivity contribution in [3.05, 3.63) is 89.7 Å². The number of nitrogens with zero attached hydrogens (tertiary/aromatic N) is 1. The quantitative estimate of drug-likeness (QED) is 0.159. The average Bonchev–Trinajstić information content (AvgIpc) is 2.96. The van der Waals surface area contributed by atoms with Crippen LogP contribution in [0, 0.1) is 5.82 Å². The molecule has 0 fully saturated rings. The van der Waals surface area contributed by atoms with Crippen LogP contribution < -0.4 is 14.2 Å². The number of ether oxygens (including phenoxy) is 5. The number of rotatable bonds is 16. The van der Waals surface area contributed by atoms with Crippen LogP contribution in [0.15, 0.2) is 72.8 Å². The predicted molar refractivity (Wildman–Crippen MR) is 145 cm³/mol. The Hall–Kier alpha value is -4.36. The molecule has 13 heteroatoms. The smallest absolute Gasteiger partial charge is 0.492 e. The molecule has 0 aliphatic carbocycles. The molecule has 0 radical (unpaired) electrons. The molecule has 0 aliphatic heterocycles. The van der Waals surface area contributed by atoms with Gasteiger partial charge in [-0.15, -0.1) is 13.2 Å². The van der Waals surface area contributed by atoms with Crippen LogP contribution in [0.25, 0.3) is 0 Å². The van der Waals surface area contributed by atoms with Crippen molar-refractivity contribution in [3.8, 4) is 17.2 Å². The summed E-state index contributed by atoms with van der Waals surface area (Å²) in [5, 5.41) is 9.26. The van der Waals surface area contributed by atoms with Crippen molar-refractivity contribution in [1.29, 1.82) is 0 Å². The molecule has 1 unspecified atom stereocenters. The first-order valence-corrected chi connectivity index (χ1v) is 13.2. The highest BCUT2D eigenvalue weighted by Gasteiger charge is 2.31. The van der Waals surface area contributed by atoms with Gasteiger partial charge in [-0.1, -0.05) is 24.3 Å². The molecule has 3 rings (SSSR count). The molecular weight excluding hydrogens is 578 g/mol. The van der Waals surface area contributed by atoms with Gasteiger partial charge in [0.15, 0.2) is 6.10 Å². The number of aliphatic carboxylic acids is 1. The minimum atomic E-state index is -4.85. The van der Waals surface area contributed by atoms with Gasteiger partial charge in [-0.3, -0.25) is 0 Å². The van der Waals surface area contributed by atoms with Gasteiger partial charge >= 0.3 is 18.4 Å². The monoisotopic (exact) mass is 609 g/mol. The molecule has 0 aliphatic rings. The molecule has 0 spiro atoms. The van der Waals surface area contributed by atoms with E-state index in [9.17, 15) is 32.3 Å². The Balaban J connectivity index is 1.57. The van der Waals surface area contributed by atoms with Crippen LogP contribution in [0.3, 0.4) is 0 Å². The van der Waals surface area contributed by atoms with Crippen LogP contribution in [0.2, 0.25) is 0 Å². The summed E-state index contributed by atoms with van der Waals surface area (Å²) >= 11 is 0. The average molecular weight is 610 g/mol. The lowest BCUT2D eigenvalue weighted by molar-refractivity contribution is -0.274. The van der Waals surface area contributed by atoms with Gasteiger partial charge in [0.05, 0.1) is 19.8 Å². The summed E-state index contributed by atoms with van der Waals surface area (Å²) in [6.45, 7) is 2.48. The summed E-state index contributed by atoms with van der Waals surface area (Å²) in [5.74, 6) is -1.41. The van der Waals surface area contributed by atoms with Gasteiger partial charge in [-0.05, 0) is 66.6 Å². The van der Waals surface area contributed by atoms with Crippen molar-refractivity contribution in [3.63, 3.8) is 0 Å². The van der Waals surface area contributed by atoms with Crippen molar-refractivity contribution in [2.24, 2.45) is 0 Å². The van der Waals surface area contributed by atoms with E-state index in [1.165, 1.54) is 29.2 Å². The van der Waals surface area contributed by atoms with E-state index in [0.717, 1.165) is 23.3 Å². The number of halogens is 4. The molecule has 0 bridgehead atoms. The zero-order valence-corrected chi connectivity index (χ0v) is 23.2. The second-order valence-electron chi connectivity index (χ2n) is 9.03. The minimum Gasteiger partial charge on any atom is -0.492 e. The van der Waals surface area contributed by atoms with E-state index in [1.54, 1.807) is 43.3 Å². The van der Waals surface area contributed by atoms with Gasteiger partial charge in [0.25, 0.3) is 0 Å². The summed E-state index contributed by atoms with van der Waals surface area (Å²) in [6, 6.07) is 16.9. The number of carboxylic acids is 1. The number of amides is 1. The zero-order valence-electron chi connectivity index (χ0n) is 23.2. The van der Waals surface area contributed by atoms with E-state index in [2.05, 4.69) is 4.74 Å². The number of carbonyl (C=O) groups excluding carboxylic acids is 1. The fourth-order valence-electron chi connectivity index (χ4n) is 3.74. The molecule has 3 aromatic carbocycles. The van der Waals surface area contributed by atoms with Crippen LogP contribution in [0.5, 0.6) is 17.2 Å². The van der Waals surface area contributed by atoms with Crippen molar-refractivity contribution >= 4 is 12.1 Å². The van der Waals surface area contributed by atoms with Gasteiger partial charge in [0.2, 0.25) is 0 Å².